The molecule has 54 valence electrons. The van der Waals surface area contributed by atoms with E-state index >= 15 is 0 Å². The second-order valence-electron chi connectivity index (χ2n) is 2.20. The van der Waals surface area contributed by atoms with Crippen molar-refractivity contribution < 1.29 is 0 Å². The van der Waals surface area contributed by atoms with Crippen LogP contribution in [0.5, 0.6) is 0 Å². The molecule has 10 heavy (non-hydrogen) atoms. The molecule has 0 N–H and O–H groups in total. The van der Waals surface area contributed by atoms with Gasteiger partial charge in [0.1, 0.15) is 0 Å². The van der Waals surface area contributed by atoms with E-state index in [0.29, 0.717) is 0 Å². The summed E-state index contributed by atoms with van der Waals surface area (Å²) in [6.07, 6.45) is 3.84. The van der Waals surface area contributed by atoms with Crippen molar-refractivity contribution in [3.8, 4) is 0 Å². The summed E-state index contributed by atoms with van der Waals surface area (Å²) in [5.41, 5.74) is 1.12. The van der Waals surface area contributed by atoms with Gasteiger partial charge in [0.2, 0.25) is 0 Å². The third-order valence-electron chi connectivity index (χ3n) is 1.40. The third kappa shape index (κ3) is 1.45. The Bertz CT molecular complexity index is 184. The predicted molar refractivity (Wildman–Crippen MR) is 47.1 cm³/mol. The number of allylic oxidation sites excluding steroid dienone is 2. The van der Waals surface area contributed by atoms with E-state index in [0.717, 1.165) is 18.5 Å². The van der Waals surface area contributed by atoms with Gasteiger partial charge in [-0.3, -0.25) is 4.31 Å². The van der Waals surface area contributed by atoms with Crippen molar-refractivity contribution in [2.45, 2.75) is 12.8 Å². The lowest BCUT2D eigenvalue weighted by Gasteiger charge is -2.26. The first-order chi connectivity index (χ1) is 4.74. The molecule has 0 aromatic carbocycles. The summed E-state index contributed by atoms with van der Waals surface area (Å²) in [6, 6.07) is 0. The van der Waals surface area contributed by atoms with E-state index in [2.05, 4.69) is 19.7 Å². The molecule has 0 aliphatic carbocycles. The summed E-state index contributed by atoms with van der Waals surface area (Å²) in [7, 11) is 0. The monoisotopic (exact) mass is 153 g/mol. The molecule has 0 unspecified atom stereocenters. The largest absolute Gasteiger partial charge is 0.293 e. The van der Waals surface area contributed by atoms with Gasteiger partial charge in [-0.15, -0.1) is 0 Å². The Morgan fingerprint density at radius 3 is 2.60 bits per heavy atom. The summed E-state index contributed by atoms with van der Waals surface area (Å²) in [5, 5.41) is 0. The first-order valence-electron chi connectivity index (χ1n) is 3.19. The Morgan fingerprint density at radius 1 is 1.40 bits per heavy atom. The summed E-state index contributed by atoms with van der Waals surface area (Å²) in [6.45, 7) is 11.4. The normalized spacial score (nSPS) is 19.4. The minimum atomic E-state index is 1.01. The zero-order valence-electron chi connectivity index (χ0n) is 5.97. The molecule has 0 amide bonds. The van der Waals surface area contributed by atoms with Crippen molar-refractivity contribution in [2.75, 3.05) is 0 Å². The van der Waals surface area contributed by atoms with Crippen LogP contribution in [0.1, 0.15) is 12.8 Å². The Morgan fingerprint density at radius 2 is 2.10 bits per heavy atom. The van der Waals surface area contributed by atoms with Crippen molar-refractivity contribution in [3.05, 3.63) is 36.5 Å². The van der Waals surface area contributed by atoms with Crippen LogP contribution in [0.15, 0.2) is 36.5 Å². The van der Waals surface area contributed by atoms with E-state index in [-0.39, 0.29) is 0 Å². The first kappa shape index (κ1) is 7.48. The van der Waals surface area contributed by atoms with Crippen molar-refractivity contribution >= 4 is 11.9 Å². The summed E-state index contributed by atoms with van der Waals surface area (Å²) < 4.78 is 1.96. The van der Waals surface area contributed by atoms with Crippen LogP contribution >= 0.6 is 11.9 Å². The van der Waals surface area contributed by atoms with Crippen LogP contribution in [-0.4, -0.2) is 4.31 Å². The smallest absolute Gasteiger partial charge is 0.0227 e. The molecule has 1 aliphatic heterocycles. The van der Waals surface area contributed by atoms with Gasteiger partial charge < -0.3 is 0 Å². The molecule has 0 atom stereocenters. The third-order valence-corrected chi connectivity index (χ3v) is 2.46. The predicted octanol–water partition coefficient (Wildman–Crippen LogP) is 2.90. The lowest BCUT2D eigenvalue weighted by atomic mass is 10.2. The van der Waals surface area contributed by atoms with Crippen LogP contribution in [0.25, 0.3) is 0 Å². The zero-order chi connectivity index (χ0) is 7.56. The number of hydrogen-bond donors (Lipinski definition) is 0. The Balaban J connectivity index is 2.62. The lowest BCUT2D eigenvalue weighted by molar-refractivity contribution is 0.689. The van der Waals surface area contributed by atoms with Crippen molar-refractivity contribution in [1.82, 2.24) is 4.31 Å². The Hall–Kier alpha value is -0.630. The van der Waals surface area contributed by atoms with E-state index in [1.165, 1.54) is 4.91 Å². The molecule has 0 saturated carbocycles. The second kappa shape index (κ2) is 2.97. The van der Waals surface area contributed by atoms with Crippen molar-refractivity contribution in [3.63, 3.8) is 0 Å². The van der Waals surface area contributed by atoms with E-state index in [9.17, 15) is 0 Å². The summed E-state index contributed by atoms with van der Waals surface area (Å²) >= 11 is 1.62. The zero-order valence-corrected chi connectivity index (χ0v) is 6.78. The summed E-state index contributed by atoms with van der Waals surface area (Å²) in [4.78, 5) is 1.19. The van der Waals surface area contributed by atoms with Crippen LogP contribution < -0.4 is 0 Å². The average molecular weight is 153 g/mol. The number of nitrogens with zero attached hydrogens (tertiary/aromatic N) is 1. The molecular formula is C8H11NS. The fourth-order valence-electron chi connectivity index (χ4n) is 0.810. The van der Waals surface area contributed by atoms with Gasteiger partial charge in [-0.05, 0) is 29.7 Å². The molecule has 2 heteroatoms. The van der Waals surface area contributed by atoms with Gasteiger partial charge in [0, 0.05) is 11.9 Å². The molecule has 0 aromatic heterocycles. The van der Waals surface area contributed by atoms with Crippen molar-refractivity contribution in [1.29, 1.82) is 0 Å². The van der Waals surface area contributed by atoms with E-state index in [1.807, 2.05) is 4.31 Å². The van der Waals surface area contributed by atoms with E-state index in [1.54, 1.807) is 18.1 Å². The molecule has 1 fully saturated rings. The summed E-state index contributed by atoms with van der Waals surface area (Å²) in [5.74, 6) is 0. The molecular weight excluding hydrogens is 142 g/mol. The van der Waals surface area contributed by atoms with Gasteiger partial charge >= 0.3 is 0 Å². The molecule has 1 saturated heterocycles. The van der Waals surface area contributed by atoms with Crippen molar-refractivity contribution in [2.24, 2.45) is 0 Å². The Kier molecular flexibility index (Phi) is 2.22. The van der Waals surface area contributed by atoms with Crippen LogP contribution in [0.2, 0.25) is 0 Å². The molecule has 0 spiro atoms. The highest BCUT2D eigenvalue weighted by molar-refractivity contribution is 8.01. The topological polar surface area (TPSA) is 3.24 Å². The molecule has 1 heterocycles. The van der Waals surface area contributed by atoms with E-state index < -0.39 is 0 Å². The van der Waals surface area contributed by atoms with Gasteiger partial charge in [0.25, 0.3) is 0 Å². The van der Waals surface area contributed by atoms with Crippen LogP contribution in [-0.2, 0) is 0 Å². The van der Waals surface area contributed by atoms with Crippen LogP contribution in [0.4, 0.5) is 0 Å². The van der Waals surface area contributed by atoms with Gasteiger partial charge in [-0.25, -0.2) is 0 Å². The number of hydrogen-bond acceptors (Lipinski definition) is 2. The molecule has 1 rings (SSSR count). The molecule has 0 aromatic rings. The standard InChI is InChI=1S/C8H11NS/c1-4-9-7(2)5-6-8(3)10-9/h4H,1-3,5-6H2. The van der Waals surface area contributed by atoms with Gasteiger partial charge in [0.05, 0.1) is 0 Å². The second-order valence-corrected chi connectivity index (χ2v) is 3.36. The fraction of sp³-hybridized carbons (Fsp3) is 0.250. The SMILES string of the molecule is C=CN1SC(=C)CCC1=C. The minimum Gasteiger partial charge on any atom is -0.293 e. The average Bonchev–Trinajstić information content (AvgIpc) is 1.94. The maximum atomic E-state index is 3.89. The fourth-order valence-corrected chi connectivity index (χ4v) is 1.58. The van der Waals surface area contributed by atoms with Gasteiger partial charge in [0.15, 0.2) is 0 Å². The quantitative estimate of drug-likeness (QED) is 0.533. The first-order valence-corrected chi connectivity index (χ1v) is 3.96. The van der Waals surface area contributed by atoms with Gasteiger partial charge in [-0.2, -0.15) is 0 Å². The highest BCUT2D eigenvalue weighted by Gasteiger charge is 2.13. The maximum absolute atomic E-state index is 3.89. The molecule has 1 aliphatic rings. The minimum absolute atomic E-state index is 1.01. The lowest BCUT2D eigenvalue weighted by Crippen LogP contribution is -2.10. The van der Waals surface area contributed by atoms with Crippen LogP contribution in [0.3, 0.4) is 0 Å². The van der Waals surface area contributed by atoms with E-state index in [4.69, 9.17) is 0 Å². The molecule has 0 radical (unpaired) electrons. The molecule has 0 bridgehead atoms. The van der Waals surface area contributed by atoms with Crippen LogP contribution in [0, 0.1) is 0 Å². The highest BCUT2D eigenvalue weighted by atomic mass is 32.2. The van der Waals surface area contributed by atoms with Gasteiger partial charge in [-0.1, -0.05) is 19.7 Å². The highest BCUT2D eigenvalue weighted by Crippen LogP contribution is 2.34. The maximum Gasteiger partial charge on any atom is 0.0227 e. The molecule has 1 nitrogen and oxygen atoms in total. The number of rotatable bonds is 1. The Labute approximate surface area is 66.2 Å².